The van der Waals surface area contributed by atoms with Crippen molar-refractivity contribution in [2.75, 3.05) is 0 Å². The predicted octanol–water partition coefficient (Wildman–Crippen LogP) is 0.721. The average Bonchev–Trinajstić information content (AvgIpc) is 2.59. The first-order valence-electron chi connectivity index (χ1n) is 3.66. The average molecular weight is 160 g/mol. The van der Waals surface area contributed by atoms with E-state index in [1.54, 1.807) is 23.4 Å². The minimum absolute atomic E-state index is 0.752. The summed E-state index contributed by atoms with van der Waals surface area (Å²) >= 11 is 0. The zero-order valence-electron chi connectivity index (χ0n) is 6.46. The third-order valence-electron chi connectivity index (χ3n) is 1.56. The Hall–Kier alpha value is -1.71. The highest BCUT2D eigenvalue weighted by Gasteiger charge is 1.92. The first-order valence-corrected chi connectivity index (χ1v) is 3.66. The van der Waals surface area contributed by atoms with Crippen LogP contribution in [0.3, 0.4) is 0 Å². The van der Waals surface area contributed by atoms with Crippen LogP contribution in [0, 0.1) is 0 Å². The van der Waals surface area contributed by atoms with Crippen LogP contribution >= 0.6 is 0 Å². The molecule has 0 aliphatic rings. The normalized spacial score (nSPS) is 10.0. The minimum atomic E-state index is 0.752. The highest BCUT2D eigenvalue weighted by molar-refractivity contribution is 5.09. The van der Waals surface area contributed by atoms with Crippen molar-refractivity contribution in [3.63, 3.8) is 0 Å². The Kier molecular flexibility index (Phi) is 1.82. The van der Waals surface area contributed by atoms with E-state index in [1.165, 1.54) is 11.9 Å². The van der Waals surface area contributed by atoms with Gasteiger partial charge in [0.2, 0.25) is 0 Å². The molecular formula is C8H8N4. The van der Waals surface area contributed by atoms with Gasteiger partial charge in [0.15, 0.2) is 0 Å². The molecule has 0 aliphatic heterocycles. The van der Waals surface area contributed by atoms with Gasteiger partial charge in [0.1, 0.15) is 12.7 Å². The highest BCUT2D eigenvalue weighted by Crippen LogP contribution is 1.97. The summed E-state index contributed by atoms with van der Waals surface area (Å²) in [6, 6.07) is 3.92. The molecule has 0 radical (unpaired) electrons. The van der Waals surface area contributed by atoms with Crippen molar-refractivity contribution in [3.05, 3.63) is 42.7 Å². The van der Waals surface area contributed by atoms with Crippen molar-refractivity contribution in [2.24, 2.45) is 0 Å². The lowest BCUT2D eigenvalue weighted by atomic mass is 10.3. The Morgan fingerprint density at radius 3 is 2.67 bits per heavy atom. The Morgan fingerprint density at radius 2 is 2.00 bits per heavy atom. The number of aromatic nitrogens is 4. The third-order valence-corrected chi connectivity index (χ3v) is 1.56. The monoisotopic (exact) mass is 160 g/mol. The molecule has 0 fully saturated rings. The van der Waals surface area contributed by atoms with Crippen molar-refractivity contribution >= 4 is 0 Å². The van der Waals surface area contributed by atoms with Gasteiger partial charge in [-0.05, 0) is 17.7 Å². The largest absolute Gasteiger partial charge is 0.265 e. The summed E-state index contributed by atoms with van der Waals surface area (Å²) in [7, 11) is 0. The molecule has 0 spiro atoms. The van der Waals surface area contributed by atoms with E-state index in [-0.39, 0.29) is 0 Å². The first-order chi connectivity index (χ1) is 5.95. The molecule has 0 aliphatic carbocycles. The van der Waals surface area contributed by atoms with E-state index in [4.69, 9.17) is 0 Å². The van der Waals surface area contributed by atoms with E-state index >= 15 is 0 Å². The molecule has 2 aromatic rings. The van der Waals surface area contributed by atoms with Gasteiger partial charge in [0.25, 0.3) is 0 Å². The van der Waals surface area contributed by atoms with Crippen LogP contribution in [0.25, 0.3) is 0 Å². The van der Waals surface area contributed by atoms with Gasteiger partial charge in [-0.3, -0.25) is 4.98 Å². The lowest BCUT2D eigenvalue weighted by molar-refractivity contribution is 0.684. The molecule has 0 bridgehead atoms. The molecule has 0 saturated carbocycles. The second-order valence-corrected chi connectivity index (χ2v) is 2.45. The SMILES string of the molecule is c1cc(Cn2cncn2)ccn1. The summed E-state index contributed by atoms with van der Waals surface area (Å²) in [5.74, 6) is 0. The zero-order chi connectivity index (χ0) is 8.23. The molecule has 0 aromatic carbocycles. The highest BCUT2D eigenvalue weighted by atomic mass is 15.3. The Labute approximate surface area is 69.9 Å². The van der Waals surface area contributed by atoms with E-state index < -0.39 is 0 Å². The molecule has 0 N–H and O–H groups in total. The molecule has 4 nitrogen and oxygen atoms in total. The van der Waals surface area contributed by atoms with Crippen molar-refractivity contribution in [3.8, 4) is 0 Å². The summed E-state index contributed by atoms with van der Waals surface area (Å²) in [6.07, 6.45) is 6.76. The Morgan fingerprint density at radius 1 is 1.17 bits per heavy atom. The molecule has 4 heteroatoms. The predicted molar refractivity (Wildman–Crippen MR) is 43.4 cm³/mol. The second kappa shape index (κ2) is 3.13. The summed E-state index contributed by atoms with van der Waals surface area (Å²) in [5, 5.41) is 4.00. The van der Waals surface area contributed by atoms with E-state index in [0.29, 0.717) is 0 Å². The van der Waals surface area contributed by atoms with Gasteiger partial charge in [-0.2, -0.15) is 5.10 Å². The standard InChI is InChI=1S/C8H8N4/c1-3-9-4-2-8(1)5-12-7-10-6-11-12/h1-4,6-7H,5H2. The second-order valence-electron chi connectivity index (χ2n) is 2.45. The van der Waals surface area contributed by atoms with Crippen LogP contribution in [0.15, 0.2) is 37.2 Å². The van der Waals surface area contributed by atoms with Crippen molar-refractivity contribution in [1.82, 2.24) is 19.7 Å². The summed E-state index contributed by atoms with van der Waals surface area (Å²) in [4.78, 5) is 7.78. The Balaban J connectivity index is 2.15. The Bertz CT molecular complexity index is 327. The lowest BCUT2D eigenvalue weighted by Gasteiger charge is -1.98. The van der Waals surface area contributed by atoms with Gasteiger partial charge in [-0.25, -0.2) is 9.67 Å². The maximum Gasteiger partial charge on any atom is 0.137 e. The molecule has 0 unspecified atom stereocenters. The molecule has 2 rings (SSSR count). The van der Waals surface area contributed by atoms with E-state index in [0.717, 1.165) is 6.54 Å². The fourth-order valence-corrected chi connectivity index (χ4v) is 0.990. The van der Waals surface area contributed by atoms with E-state index in [2.05, 4.69) is 15.1 Å². The van der Waals surface area contributed by atoms with Crippen LogP contribution in [-0.4, -0.2) is 19.7 Å². The van der Waals surface area contributed by atoms with Gasteiger partial charge in [0, 0.05) is 12.4 Å². The van der Waals surface area contributed by atoms with Crippen LogP contribution in [0.2, 0.25) is 0 Å². The molecule has 0 amide bonds. The molecule has 2 aromatic heterocycles. The van der Waals surface area contributed by atoms with Crippen molar-refractivity contribution in [1.29, 1.82) is 0 Å². The molecular weight excluding hydrogens is 152 g/mol. The van der Waals surface area contributed by atoms with Crippen LogP contribution in [0.4, 0.5) is 0 Å². The quantitative estimate of drug-likeness (QED) is 0.650. The zero-order valence-corrected chi connectivity index (χ0v) is 6.46. The van der Waals surface area contributed by atoms with Gasteiger partial charge in [0.05, 0.1) is 6.54 Å². The van der Waals surface area contributed by atoms with Crippen LogP contribution < -0.4 is 0 Å². The van der Waals surface area contributed by atoms with Crippen LogP contribution in [-0.2, 0) is 6.54 Å². The third kappa shape index (κ3) is 1.47. The molecule has 0 atom stereocenters. The number of hydrogen-bond donors (Lipinski definition) is 0. The smallest absolute Gasteiger partial charge is 0.137 e. The van der Waals surface area contributed by atoms with Gasteiger partial charge < -0.3 is 0 Å². The molecule has 0 saturated heterocycles. The topological polar surface area (TPSA) is 43.6 Å². The van der Waals surface area contributed by atoms with Gasteiger partial charge >= 0.3 is 0 Å². The fraction of sp³-hybridized carbons (Fsp3) is 0.125. The number of rotatable bonds is 2. The number of pyridine rings is 1. The van der Waals surface area contributed by atoms with E-state index in [1.807, 2.05) is 12.1 Å². The molecule has 2 heterocycles. The van der Waals surface area contributed by atoms with Gasteiger partial charge in [-0.1, -0.05) is 0 Å². The summed E-state index contributed by atoms with van der Waals surface area (Å²) in [5.41, 5.74) is 1.18. The van der Waals surface area contributed by atoms with Crippen LogP contribution in [0.5, 0.6) is 0 Å². The maximum atomic E-state index is 4.00. The number of hydrogen-bond acceptors (Lipinski definition) is 3. The fourth-order valence-electron chi connectivity index (χ4n) is 0.990. The van der Waals surface area contributed by atoms with Gasteiger partial charge in [-0.15, -0.1) is 0 Å². The summed E-state index contributed by atoms with van der Waals surface area (Å²) in [6.45, 7) is 0.752. The summed E-state index contributed by atoms with van der Waals surface area (Å²) < 4.78 is 1.77. The van der Waals surface area contributed by atoms with Crippen molar-refractivity contribution < 1.29 is 0 Å². The minimum Gasteiger partial charge on any atom is -0.265 e. The lowest BCUT2D eigenvalue weighted by Crippen LogP contribution is -1.99. The van der Waals surface area contributed by atoms with E-state index in [9.17, 15) is 0 Å². The number of nitrogens with zero attached hydrogens (tertiary/aromatic N) is 4. The first kappa shape index (κ1) is 6.97. The molecule has 12 heavy (non-hydrogen) atoms. The maximum absolute atomic E-state index is 4.00. The molecule has 60 valence electrons. The van der Waals surface area contributed by atoms with Crippen LogP contribution in [0.1, 0.15) is 5.56 Å². The van der Waals surface area contributed by atoms with Crippen molar-refractivity contribution in [2.45, 2.75) is 6.54 Å².